The number of nitrogen functional groups attached to an aromatic ring is 1. The monoisotopic (exact) mass is 281 g/mol. The molecule has 1 saturated heterocycles. The number of hydrogen-bond donors (Lipinski definition) is 2. The Bertz CT molecular complexity index is 685. The Hall–Kier alpha value is -2.82. The van der Waals surface area contributed by atoms with Crippen LogP contribution in [-0.4, -0.2) is 18.0 Å². The van der Waals surface area contributed by atoms with E-state index in [1.54, 1.807) is 24.3 Å². The largest absolute Gasteiger partial charge is 0.399 e. The molecule has 1 atom stereocenters. The minimum absolute atomic E-state index is 0.255. The summed E-state index contributed by atoms with van der Waals surface area (Å²) in [5.74, 6) is -0.255. The Morgan fingerprint density at radius 3 is 2.52 bits per heavy atom. The molecule has 3 amide bonds. The number of urea groups is 1. The molecule has 1 fully saturated rings. The summed E-state index contributed by atoms with van der Waals surface area (Å²) >= 11 is 0. The number of nitrogens with one attached hydrogen (secondary N) is 1. The average Bonchev–Trinajstić information content (AvgIpc) is 2.74. The summed E-state index contributed by atoms with van der Waals surface area (Å²) < 4.78 is 0. The SMILES string of the molecule is Nc1cccc(N2C(=O)NC(Cc3ccccc3)C2=O)c1. The molecule has 1 unspecified atom stereocenters. The standard InChI is InChI=1S/C16H15N3O2/c17-12-7-4-8-13(10-12)19-15(20)14(18-16(19)21)9-11-5-2-1-3-6-11/h1-8,10,14H,9,17H2,(H,18,21). The van der Waals surface area contributed by atoms with Crippen molar-refractivity contribution < 1.29 is 9.59 Å². The van der Waals surface area contributed by atoms with Gasteiger partial charge in [-0.25, -0.2) is 9.69 Å². The van der Waals surface area contributed by atoms with Crippen LogP contribution in [0.15, 0.2) is 54.6 Å². The van der Waals surface area contributed by atoms with E-state index in [0.29, 0.717) is 17.8 Å². The molecule has 0 saturated carbocycles. The van der Waals surface area contributed by atoms with E-state index in [0.717, 1.165) is 10.5 Å². The Morgan fingerprint density at radius 1 is 1.05 bits per heavy atom. The van der Waals surface area contributed by atoms with Gasteiger partial charge in [0.2, 0.25) is 0 Å². The van der Waals surface area contributed by atoms with Gasteiger partial charge in [0.05, 0.1) is 5.69 Å². The molecule has 21 heavy (non-hydrogen) atoms. The van der Waals surface area contributed by atoms with Gasteiger partial charge in [-0.1, -0.05) is 36.4 Å². The van der Waals surface area contributed by atoms with Crippen molar-refractivity contribution in [1.29, 1.82) is 0 Å². The van der Waals surface area contributed by atoms with E-state index in [-0.39, 0.29) is 5.91 Å². The molecule has 5 nitrogen and oxygen atoms in total. The Kier molecular flexibility index (Phi) is 3.31. The highest BCUT2D eigenvalue weighted by Gasteiger charge is 2.38. The first kappa shape index (κ1) is 13.2. The zero-order chi connectivity index (χ0) is 14.8. The van der Waals surface area contributed by atoms with Crippen LogP contribution in [0.2, 0.25) is 0 Å². The molecule has 2 aromatic rings. The molecular weight excluding hydrogens is 266 g/mol. The van der Waals surface area contributed by atoms with Crippen molar-refractivity contribution in [2.75, 3.05) is 10.6 Å². The van der Waals surface area contributed by atoms with E-state index in [1.807, 2.05) is 30.3 Å². The summed E-state index contributed by atoms with van der Waals surface area (Å²) in [6, 6.07) is 15.4. The number of benzene rings is 2. The highest BCUT2D eigenvalue weighted by Crippen LogP contribution is 2.22. The molecule has 1 aliphatic heterocycles. The third-order valence-electron chi connectivity index (χ3n) is 3.43. The van der Waals surface area contributed by atoms with Crippen LogP contribution in [0.4, 0.5) is 16.2 Å². The molecule has 1 aliphatic rings. The van der Waals surface area contributed by atoms with Crippen LogP contribution in [0.5, 0.6) is 0 Å². The van der Waals surface area contributed by atoms with E-state index < -0.39 is 12.1 Å². The van der Waals surface area contributed by atoms with E-state index in [1.165, 1.54) is 0 Å². The predicted octanol–water partition coefficient (Wildman–Crippen LogP) is 1.94. The van der Waals surface area contributed by atoms with Crippen molar-refractivity contribution in [2.45, 2.75) is 12.5 Å². The second kappa shape index (κ2) is 5.28. The zero-order valence-corrected chi connectivity index (χ0v) is 11.3. The van der Waals surface area contributed by atoms with Crippen molar-refractivity contribution in [3.05, 3.63) is 60.2 Å². The fourth-order valence-electron chi connectivity index (χ4n) is 2.43. The molecule has 5 heteroatoms. The molecule has 106 valence electrons. The smallest absolute Gasteiger partial charge is 0.329 e. The second-order valence-corrected chi connectivity index (χ2v) is 4.96. The summed E-state index contributed by atoms with van der Waals surface area (Å²) in [5, 5.41) is 2.72. The minimum Gasteiger partial charge on any atom is -0.399 e. The fraction of sp³-hybridized carbons (Fsp3) is 0.125. The third-order valence-corrected chi connectivity index (χ3v) is 3.43. The van der Waals surface area contributed by atoms with Crippen molar-refractivity contribution in [3.8, 4) is 0 Å². The van der Waals surface area contributed by atoms with Crippen molar-refractivity contribution in [2.24, 2.45) is 0 Å². The second-order valence-electron chi connectivity index (χ2n) is 4.96. The lowest BCUT2D eigenvalue weighted by molar-refractivity contribution is -0.118. The topological polar surface area (TPSA) is 75.4 Å². The quantitative estimate of drug-likeness (QED) is 0.667. The van der Waals surface area contributed by atoms with Gasteiger partial charge in [-0.3, -0.25) is 4.79 Å². The number of anilines is 2. The van der Waals surface area contributed by atoms with Crippen LogP contribution < -0.4 is 16.0 Å². The van der Waals surface area contributed by atoms with Crippen LogP contribution in [0.1, 0.15) is 5.56 Å². The number of carbonyl (C=O) groups is 2. The number of amides is 3. The molecule has 0 radical (unpaired) electrons. The van der Waals surface area contributed by atoms with E-state index in [4.69, 9.17) is 5.73 Å². The summed E-state index contributed by atoms with van der Waals surface area (Å²) in [4.78, 5) is 25.6. The molecule has 0 aliphatic carbocycles. The maximum Gasteiger partial charge on any atom is 0.329 e. The number of hydrogen-bond acceptors (Lipinski definition) is 3. The highest BCUT2D eigenvalue weighted by molar-refractivity contribution is 6.21. The number of rotatable bonds is 3. The first-order valence-corrected chi connectivity index (χ1v) is 6.69. The van der Waals surface area contributed by atoms with Crippen LogP contribution in [0.25, 0.3) is 0 Å². The Labute approximate surface area is 122 Å². The molecule has 3 N–H and O–H groups in total. The molecule has 0 aromatic heterocycles. The molecule has 1 heterocycles. The lowest BCUT2D eigenvalue weighted by Crippen LogP contribution is -2.32. The number of nitrogens with two attached hydrogens (primary N) is 1. The van der Waals surface area contributed by atoms with E-state index in [9.17, 15) is 9.59 Å². The summed E-state index contributed by atoms with van der Waals surface area (Å²) in [5.41, 5.74) is 7.72. The summed E-state index contributed by atoms with van der Waals surface area (Å²) in [7, 11) is 0. The first-order valence-electron chi connectivity index (χ1n) is 6.69. The van der Waals surface area contributed by atoms with Crippen LogP contribution in [0.3, 0.4) is 0 Å². The zero-order valence-electron chi connectivity index (χ0n) is 11.3. The summed E-state index contributed by atoms with van der Waals surface area (Å²) in [6.45, 7) is 0. The van der Waals surface area contributed by atoms with Gasteiger partial charge < -0.3 is 11.1 Å². The van der Waals surface area contributed by atoms with Gasteiger partial charge in [-0.2, -0.15) is 0 Å². The number of nitrogens with zero attached hydrogens (tertiary/aromatic N) is 1. The van der Waals surface area contributed by atoms with E-state index >= 15 is 0 Å². The number of imide groups is 1. The van der Waals surface area contributed by atoms with Crippen LogP contribution in [0, 0.1) is 0 Å². The minimum atomic E-state index is -0.540. The maximum absolute atomic E-state index is 12.4. The Balaban J connectivity index is 1.82. The molecular formula is C16H15N3O2. The van der Waals surface area contributed by atoms with Gasteiger partial charge in [-0.15, -0.1) is 0 Å². The van der Waals surface area contributed by atoms with Gasteiger partial charge in [-0.05, 0) is 23.8 Å². The summed E-state index contributed by atoms with van der Waals surface area (Å²) in [6.07, 6.45) is 0.476. The van der Waals surface area contributed by atoms with Crippen LogP contribution >= 0.6 is 0 Å². The lowest BCUT2D eigenvalue weighted by atomic mass is 10.1. The van der Waals surface area contributed by atoms with Gasteiger partial charge in [0.15, 0.2) is 0 Å². The van der Waals surface area contributed by atoms with Gasteiger partial charge in [0.25, 0.3) is 5.91 Å². The van der Waals surface area contributed by atoms with Gasteiger partial charge in [0.1, 0.15) is 6.04 Å². The molecule has 0 bridgehead atoms. The van der Waals surface area contributed by atoms with E-state index in [2.05, 4.69) is 5.32 Å². The first-order chi connectivity index (χ1) is 10.1. The average molecular weight is 281 g/mol. The molecule has 3 rings (SSSR count). The maximum atomic E-state index is 12.4. The fourth-order valence-corrected chi connectivity index (χ4v) is 2.43. The highest BCUT2D eigenvalue weighted by atomic mass is 16.2. The van der Waals surface area contributed by atoms with Gasteiger partial charge >= 0.3 is 6.03 Å². The lowest BCUT2D eigenvalue weighted by Gasteiger charge is -2.13. The van der Waals surface area contributed by atoms with Gasteiger partial charge in [0, 0.05) is 12.1 Å². The number of carbonyl (C=O) groups excluding carboxylic acids is 2. The van der Waals surface area contributed by atoms with Crippen molar-refractivity contribution in [1.82, 2.24) is 5.32 Å². The molecule has 2 aromatic carbocycles. The third kappa shape index (κ3) is 2.58. The van der Waals surface area contributed by atoms with Crippen molar-refractivity contribution in [3.63, 3.8) is 0 Å². The predicted molar refractivity (Wildman–Crippen MR) is 80.8 cm³/mol. The van der Waals surface area contributed by atoms with Crippen molar-refractivity contribution >= 4 is 23.3 Å². The molecule has 0 spiro atoms. The Morgan fingerprint density at radius 2 is 1.81 bits per heavy atom. The normalized spacial score (nSPS) is 17.9. The van der Waals surface area contributed by atoms with Crippen LogP contribution in [-0.2, 0) is 11.2 Å².